The van der Waals surface area contributed by atoms with Crippen molar-refractivity contribution in [2.75, 3.05) is 14.2 Å². The Morgan fingerprint density at radius 2 is 0.766 bits per heavy atom. The maximum absolute atomic E-state index is 13.5. The number of rotatable bonds is 14. The van der Waals surface area contributed by atoms with Crippen LogP contribution in [0.15, 0.2) is 294 Å². The van der Waals surface area contributed by atoms with E-state index in [2.05, 4.69) is 278 Å². The monoisotopic (exact) mass is 2130 g/mol. The number of hydrogen-bond acceptors (Lipinski definition) is 10. The largest absolute Gasteiger partial charge is 0.522 e. The van der Waals surface area contributed by atoms with Crippen molar-refractivity contribution < 1.29 is 94.2 Å². The van der Waals surface area contributed by atoms with E-state index in [4.69, 9.17) is 42.0 Å². The number of hydrogen-bond donors (Lipinski definition) is 3. The first-order valence-electron chi connectivity index (χ1n) is 41.6. The SMILES string of the molecule is CC(C)c1cccc(C(C)C)c1-n1c(-c2[c-]ccc3c2oc2cc(-c4ccc(F)cc4)ccc23)nc2ccccc21.CC(C)c1cccc(C(C)C)c1-n1c(-c2cccc3c2oc2cc(-c4ccc(F)cc4)ccc23)nc2ccccc21.CO.CO.C[Si](C)(C)c1ccc(-c2[c-]cccc2)nc1.C[Si](C)(C)c1ccc(-c2[c-]cccc2)nc1.O=S(=O)(O)C(F)(F)F.[Ir].[Ir]. The predicted molar refractivity (Wildman–Crippen MR) is 510 cm³/mol. The summed E-state index contributed by atoms with van der Waals surface area (Å²) in [5.41, 5.74) is 18.9. The third-order valence-electron chi connectivity index (χ3n) is 21.5. The van der Waals surface area contributed by atoms with E-state index in [1.807, 2.05) is 91.3 Å². The molecule has 0 saturated heterocycles. The summed E-state index contributed by atoms with van der Waals surface area (Å²) in [6.07, 6.45) is 4.03. The molecule has 0 bridgehead atoms. The molecule has 128 heavy (non-hydrogen) atoms. The van der Waals surface area contributed by atoms with Gasteiger partial charge in [0.15, 0.2) is 0 Å². The number of imidazole rings is 2. The standard InChI is InChI=1S/C37H31FN2O.C37H30FN2O.2C14H16NSi.CHF3O3S.2CH4O.2Ir/c2*1-22(2)27-9-7-10-28(23(3)4)35(27)40-33-14-6-5-13-32(33)39-37(40)31-12-8-11-30-29-20-17-25(21-34(29)41-36(30)31)24-15-18-26(38)19-16-24;2*1-16(2,3)13-9-10-14(15-11-13)12-7-5-4-6-8-12;2-1(3,4)8(5,6)7;2*1-2;;/h5-23H,1-4H3;5-11,13-23H,1-4H3;2*4-7,9-11H,1-3H3;(H,5,6,7);2*2H,1H3;;/q;3*-1;;;;;. The molecule has 6 heterocycles. The molecule has 664 valence electrons. The molecule has 2 radical (unpaired) electrons. The van der Waals surface area contributed by atoms with Gasteiger partial charge in [-0.25, -0.2) is 13.8 Å². The Bertz CT molecular complexity index is 6450. The van der Waals surface area contributed by atoms with Crippen molar-refractivity contribution in [2.45, 2.75) is 124 Å². The first kappa shape index (κ1) is 98.9. The quantitative estimate of drug-likeness (QED) is 0.0310. The van der Waals surface area contributed by atoms with Gasteiger partial charge in [0.1, 0.15) is 34.2 Å². The van der Waals surface area contributed by atoms with Gasteiger partial charge in [-0.15, -0.1) is 90.0 Å². The van der Waals surface area contributed by atoms with Crippen LogP contribution in [-0.4, -0.2) is 88.1 Å². The molecule has 3 N–H and O–H groups in total. The van der Waals surface area contributed by atoms with Crippen molar-refractivity contribution in [3.05, 3.63) is 337 Å². The number of benzene rings is 12. The Morgan fingerprint density at radius 3 is 1.14 bits per heavy atom. The maximum Gasteiger partial charge on any atom is 0.522 e. The van der Waals surface area contributed by atoms with E-state index in [1.54, 1.807) is 24.3 Å². The fraction of sp³-hybridized carbons (Fsp3) is 0.200. The molecule has 18 rings (SSSR count). The Balaban J connectivity index is 0.000000182. The van der Waals surface area contributed by atoms with E-state index >= 15 is 0 Å². The van der Waals surface area contributed by atoms with Gasteiger partial charge >= 0.3 is 15.6 Å². The summed E-state index contributed by atoms with van der Waals surface area (Å²) >= 11 is 0. The number of alkyl halides is 3. The molecular formula is C105H102F5Ir2N6O7SSi2-3. The topological polar surface area (TPSA) is 183 Å². The molecule has 0 saturated carbocycles. The molecule has 0 aliphatic carbocycles. The molecule has 23 heteroatoms. The Kier molecular flexibility index (Phi) is 33.0. The second-order valence-corrected chi connectivity index (χ2v) is 45.0. The average molecular weight is 2130 g/mol. The van der Waals surface area contributed by atoms with Crippen molar-refractivity contribution in [3.63, 3.8) is 0 Å². The van der Waals surface area contributed by atoms with Crippen molar-refractivity contribution >= 4 is 103 Å². The van der Waals surface area contributed by atoms with E-state index < -0.39 is 31.8 Å². The minimum Gasteiger partial charge on any atom is -0.501 e. The normalized spacial score (nSPS) is 11.5. The third-order valence-corrected chi connectivity index (χ3v) is 26.2. The van der Waals surface area contributed by atoms with Crippen LogP contribution in [0.1, 0.15) is 101 Å². The van der Waals surface area contributed by atoms with Crippen molar-refractivity contribution in [1.82, 2.24) is 29.1 Å². The second kappa shape index (κ2) is 42.7. The summed E-state index contributed by atoms with van der Waals surface area (Å²) in [6, 6.07) is 100. The van der Waals surface area contributed by atoms with E-state index in [9.17, 15) is 22.0 Å². The third kappa shape index (κ3) is 22.3. The Morgan fingerprint density at radius 1 is 0.398 bits per heavy atom. The molecule has 13 nitrogen and oxygen atoms in total. The van der Waals surface area contributed by atoms with Gasteiger partial charge in [-0.2, -0.15) is 21.6 Å². The molecule has 0 aliphatic rings. The molecule has 0 aliphatic heterocycles. The molecule has 6 aromatic heterocycles. The van der Waals surface area contributed by atoms with Gasteiger partial charge < -0.3 is 33.6 Å². The summed E-state index contributed by atoms with van der Waals surface area (Å²) < 4.78 is 103. The van der Waals surface area contributed by atoms with E-state index in [0.717, 1.165) is 148 Å². The molecule has 18 aromatic rings. The van der Waals surface area contributed by atoms with Crippen molar-refractivity contribution in [3.8, 4) is 78.9 Å². The maximum atomic E-state index is 13.5. The van der Waals surface area contributed by atoms with E-state index in [-0.39, 0.29) is 51.8 Å². The van der Waals surface area contributed by atoms with E-state index in [0.29, 0.717) is 23.7 Å². The Hall–Kier alpha value is -11.3. The van der Waals surface area contributed by atoms with Crippen LogP contribution in [0, 0.1) is 29.8 Å². The molecule has 12 aromatic carbocycles. The predicted octanol–water partition coefficient (Wildman–Crippen LogP) is 26.9. The minimum absolute atomic E-state index is 0. The second-order valence-electron chi connectivity index (χ2n) is 33.5. The van der Waals surface area contributed by atoms with Crippen LogP contribution in [0.2, 0.25) is 39.3 Å². The molecule has 0 fully saturated rings. The number of para-hydroxylation sites is 7. The minimum atomic E-state index is -5.84. The number of aliphatic hydroxyl groups is 2. The zero-order valence-corrected chi connectivity index (χ0v) is 81.7. The van der Waals surface area contributed by atoms with Gasteiger partial charge in [0, 0.05) is 88.7 Å². The molecule has 0 unspecified atom stereocenters. The van der Waals surface area contributed by atoms with Gasteiger partial charge in [0.2, 0.25) is 0 Å². The van der Waals surface area contributed by atoms with Gasteiger partial charge in [-0.05, 0) is 163 Å². The molecule has 0 spiro atoms. The molecule has 0 atom stereocenters. The summed E-state index contributed by atoms with van der Waals surface area (Å²) in [5.74, 6) is 2.51. The number of fused-ring (bicyclic) bond motifs is 8. The number of halogens is 5. The van der Waals surface area contributed by atoms with Crippen LogP contribution in [0.25, 0.3) is 145 Å². The van der Waals surface area contributed by atoms with Crippen molar-refractivity contribution in [1.29, 1.82) is 0 Å². The zero-order valence-electron chi connectivity index (χ0n) is 74.1. The van der Waals surface area contributed by atoms with Crippen LogP contribution in [0.5, 0.6) is 0 Å². The Labute approximate surface area is 774 Å². The van der Waals surface area contributed by atoms with Gasteiger partial charge in [0.25, 0.3) is 0 Å². The summed E-state index contributed by atoms with van der Waals surface area (Å²) in [6.45, 7) is 32.0. The number of furan rings is 2. The number of aromatic nitrogens is 6. The van der Waals surface area contributed by atoms with Crippen LogP contribution in [0.4, 0.5) is 22.0 Å². The zero-order chi connectivity index (χ0) is 90.7. The first-order valence-corrected chi connectivity index (χ1v) is 50.0. The molecule has 0 amide bonds. The van der Waals surface area contributed by atoms with Crippen LogP contribution in [0.3, 0.4) is 0 Å². The average Bonchev–Trinajstić information content (AvgIpc) is 1.55. The molecular weight excluding hydrogens is 2020 g/mol. The fourth-order valence-electron chi connectivity index (χ4n) is 15.0. The first-order chi connectivity index (χ1) is 60.2. The van der Waals surface area contributed by atoms with Gasteiger partial charge in [-0.3, -0.25) is 14.1 Å². The fourth-order valence-corrected chi connectivity index (χ4v) is 17.1. The smallest absolute Gasteiger partial charge is 0.501 e. The number of aliphatic hydroxyl groups excluding tert-OH is 2. The van der Waals surface area contributed by atoms with Gasteiger partial charge in [0.05, 0.1) is 60.9 Å². The van der Waals surface area contributed by atoms with Gasteiger partial charge in [-0.1, -0.05) is 245 Å². The van der Waals surface area contributed by atoms with E-state index in [1.165, 1.54) is 68.3 Å². The number of pyridine rings is 2. The van der Waals surface area contributed by atoms with Crippen LogP contribution < -0.4 is 10.4 Å². The summed E-state index contributed by atoms with van der Waals surface area (Å²) in [7, 11) is -6.30. The summed E-state index contributed by atoms with van der Waals surface area (Å²) in [5, 5.41) is 20.9. The summed E-state index contributed by atoms with van der Waals surface area (Å²) in [4.78, 5) is 19.4. The van der Waals surface area contributed by atoms with Crippen LogP contribution in [-0.2, 0) is 50.3 Å². The van der Waals surface area contributed by atoms with Crippen molar-refractivity contribution in [2.24, 2.45) is 0 Å². The number of nitrogens with zero attached hydrogens (tertiary/aromatic N) is 6. The van der Waals surface area contributed by atoms with Crippen LogP contribution >= 0.6 is 0 Å².